The highest BCUT2D eigenvalue weighted by atomic mass is 79.9. The van der Waals surface area contributed by atoms with Gasteiger partial charge in [0, 0.05) is 14.2 Å². The molecule has 6 heteroatoms. The molecule has 2 unspecified atom stereocenters. The minimum atomic E-state index is -0.762. The highest BCUT2D eigenvalue weighted by molar-refractivity contribution is 9.10. The highest BCUT2D eigenvalue weighted by Crippen LogP contribution is 2.33. The van der Waals surface area contributed by atoms with Crippen molar-refractivity contribution >= 4 is 15.9 Å². The molecule has 0 spiro atoms. The minimum absolute atomic E-state index is 0.550. The minimum Gasteiger partial charge on any atom is -0.384 e. The van der Waals surface area contributed by atoms with Crippen molar-refractivity contribution < 1.29 is 9.84 Å². The number of nitrogens with zero attached hydrogens (tertiary/aromatic N) is 3. The van der Waals surface area contributed by atoms with Crippen molar-refractivity contribution in [3.8, 4) is 0 Å². The van der Waals surface area contributed by atoms with Gasteiger partial charge in [-0.1, -0.05) is 12.1 Å². The first-order chi connectivity index (χ1) is 6.96. The normalized spacial score (nSPS) is 17.5. The maximum atomic E-state index is 10.2. The molecule has 0 aliphatic rings. The zero-order chi connectivity index (χ0) is 11.6. The van der Waals surface area contributed by atoms with E-state index < -0.39 is 11.7 Å². The molecule has 0 saturated heterocycles. The summed E-state index contributed by atoms with van der Waals surface area (Å²) in [6.07, 6.45) is -0.0654. The first-order valence-electron chi connectivity index (χ1n) is 4.74. The van der Waals surface area contributed by atoms with E-state index in [1.165, 1.54) is 0 Å². The van der Waals surface area contributed by atoms with Gasteiger partial charge >= 0.3 is 0 Å². The lowest BCUT2D eigenvalue weighted by Crippen LogP contribution is -2.35. The van der Waals surface area contributed by atoms with Crippen LogP contribution in [0.15, 0.2) is 4.60 Å². The van der Waals surface area contributed by atoms with Crippen LogP contribution in [0.4, 0.5) is 0 Å². The molecule has 0 aromatic carbocycles. The second kappa shape index (κ2) is 4.59. The van der Waals surface area contributed by atoms with Crippen molar-refractivity contribution in [2.24, 2.45) is 7.05 Å². The Hall–Kier alpha value is -0.460. The Morgan fingerprint density at radius 1 is 1.67 bits per heavy atom. The van der Waals surface area contributed by atoms with Gasteiger partial charge in [0.1, 0.15) is 11.8 Å². The molecule has 0 bridgehead atoms. The lowest BCUT2D eigenvalue weighted by atomic mass is 9.93. The lowest BCUT2D eigenvalue weighted by Gasteiger charge is -2.31. The zero-order valence-corrected chi connectivity index (χ0v) is 10.9. The fourth-order valence-electron chi connectivity index (χ4n) is 1.37. The van der Waals surface area contributed by atoms with E-state index in [1.54, 1.807) is 18.8 Å². The van der Waals surface area contributed by atoms with Gasteiger partial charge < -0.3 is 9.84 Å². The van der Waals surface area contributed by atoms with Crippen molar-refractivity contribution in [2.75, 3.05) is 7.11 Å². The summed E-state index contributed by atoms with van der Waals surface area (Å²) >= 11 is 3.26. The molecule has 0 aliphatic heterocycles. The Labute approximate surface area is 97.6 Å². The SMILES string of the molecule is CCC(C)(OC)C(O)c1c(Br)nnn1C. The molecule has 1 N–H and O–H groups in total. The summed E-state index contributed by atoms with van der Waals surface area (Å²) in [6.45, 7) is 3.82. The summed E-state index contributed by atoms with van der Waals surface area (Å²) in [4.78, 5) is 0. The number of ether oxygens (including phenoxy) is 1. The summed E-state index contributed by atoms with van der Waals surface area (Å²) in [5.41, 5.74) is -0.000880. The van der Waals surface area contributed by atoms with Gasteiger partial charge in [0.05, 0.1) is 5.60 Å². The summed E-state index contributed by atoms with van der Waals surface area (Å²) < 4.78 is 7.44. The smallest absolute Gasteiger partial charge is 0.154 e. The highest BCUT2D eigenvalue weighted by Gasteiger charge is 2.36. The van der Waals surface area contributed by atoms with Crippen LogP contribution in [0, 0.1) is 0 Å². The second-order valence-corrected chi connectivity index (χ2v) is 4.41. The van der Waals surface area contributed by atoms with Crippen LogP contribution in [0.25, 0.3) is 0 Å². The Kier molecular flexibility index (Phi) is 3.86. The monoisotopic (exact) mass is 277 g/mol. The van der Waals surface area contributed by atoms with Crippen LogP contribution >= 0.6 is 15.9 Å². The lowest BCUT2D eigenvalue weighted by molar-refractivity contribution is -0.0975. The fourth-order valence-corrected chi connectivity index (χ4v) is 1.91. The molecular weight excluding hydrogens is 262 g/mol. The van der Waals surface area contributed by atoms with E-state index in [4.69, 9.17) is 4.74 Å². The topological polar surface area (TPSA) is 60.2 Å². The summed E-state index contributed by atoms with van der Waals surface area (Å²) in [7, 11) is 3.33. The number of hydrogen-bond donors (Lipinski definition) is 1. The first kappa shape index (κ1) is 12.6. The molecule has 1 aromatic heterocycles. The molecule has 1 heterocycles. The number of hydrogen-bond acceptors (Lipinski definition) is 4. The Balaban J connectivity index is 3.08. The molecule has 1 aromatic rings. The quantitative estimate of drug-likeness (QED) is 0.905. The molecule has 0 fully saturated rings. The van der Waals surface area contributed by atoms with Crippen LogP contribution in [-0.2, 0) is 11.8 Å². The Bertz CT molecular complexity index is 317. The van der Waals surface area contributed by atoms with Gasteiger partial charge in [-0.05, 0) is 29.3 Å². The average molecular weight is 278 g/mol. The van der Waals surface area contributed by atoms with Crippen LogP contribution in [0.5, 0.6) is 0 Å². The van der Waals surface area contributed by atoms with Crippen molar-refractivity contribution in [1.29, 1.82) is 0 Å². The number of aryl methyl sites for hydroxylation is 1. The van der Waals surface area contributed by atoms with E-state index in [9.17, 15) is 5.11 Å². The molecule has 5 nitrogen and oxygen atoms in total. The largest absolute Gasteiger partial charge is 0.384 e. The van der Waals surface area contributed by atoms with Crippen molar-refractivity contribution in [3.05, 3.63) is 10.3 Å². The first-order valence-corrected chi connectivity index (χ1v) is 5.53. The molecule has 2 atom stereocenters. The number of aliphatic hydroxyl groups is 1. The van der Waals surface area contributed by atoms with Crippen LogP contribution in [0.2, 0.25) is 0 Å². The maximum absolute atomic E-state index is 10.2. The fraction of sp³-hybridized carbons (Fsp3) is 0.778. The predicted molar refractivity (Wildman–Crippen MR) is 59.4 cm³/mol. The molecule has 86 valence electrons. The molecule has 1 rings (SSSR count). The molecule has 0 amide bonds. The van der Waals surface area contributed by atoms with E-state index >= 15 is 0 Å². The average Bonchev–Trinajstić information content (AvgIpc) is 2.56. The van der Waals surface area contributed by atoms with Crippen LogP contribution in [0.3, 0.4) is 0 Å². The summed E-state index contributed by atoms with van der Waals surface area (Å²) in [6, 6.07) is 0. The number of rotatable bonds is 4. The number of methoxy groups -OCH3 is 1. The molecule has 0 aliphatic carbocycles. The third-order valence-electron chi connectivity index (χ3n) is 2.83. The van der Waals surface area contributed by atoms with Crippen LogP contribution in [0.1, 0.15) is 32.1 Å². The summed E-state index contributed by atoms with van der Waals surface area (Å²) in [5.74, 6) is 0. The van der Waals surface area contributed by atoms with Gasteiger partial charge in [-0.25, -0.2) is 4.68 Å². The van der Waals surface area contributed by atoms with E-state index in [0.29, 0.717) is 16.7 Å². The van der Waals surface area contributed by atoms with Gasteiger partial charge in [-0.3, -0.25) is 0 Å². The predicted octanol–water partition coefficient (Wildman–Crippen LogP) is 1.43. The Morgan fingerprint density at radius 2 is 2.27 bits per heavy atom. The van der Waals surface area contributed by atoms with E-state index in [2.05, 4.69) is 26.2 Å². The molecule has 0 saturated carbocycles. The van der Waals surface area contributed by atoms with Crippen LogP contribution in [-0.4, -0.2) is 32.8 Å². The van der Waals surface area contributed by atoms with Gasteiger partial charge in [-0.2, -0.15) is 0 Å². The maximum Gasteiger partial charge on any atom is 0.154 e. The standard InChI is InChI=1S/C9H16BrN3O2/c1-5-9(2,15-4)7(14)6-8(10)11-12-13(6)3/h7,14H,5H2,1-4H3. The van der Waals surface area contributed by atoms with Gasteiger partial charge in [-0.15, -0.1) is 5.10 Å². The third kappa shape index (κ3) is 2.21. The number of halogens is 1. The van der Waals surface area contributed by atoms with Crippen molar-refractivity contribution in [3.63, 3.8) is 0 Å². The van der Waals surface area contributed by atoms with E-state index in [0.717, 1.165) is 0 Å². The molecule has 15 heavy (non-hydrogen) atoms. The van der Waals surface area contributed by atoms with Gasteiger partial charge in [0.25, 0.3) is 0 Å². The molecule has 0 radical (unpaired) electrons. The van der Waals surface area contributed by atoms with E-state index in [1.807, 2.05) is 13.8 Å². The summed E-state index contributed by atoms with van der Waals surface area (Å²) in [5, 5.41) is 17.9. The van der Waals surface area contributed by atoms with Gasteiger partial charge in [0.15, 0.2) is 4.60 Å². The van der Waals surface area contributed by atoms with Crippen LogP contribution < -0.4 is 0 Å². The van der Waals surface area contributed by atoms with E-state index in [-0.39, 0.29) is 0 Å². The van der Waals surface area contributed by atoms with Crippen molar-refractivity contribution in [1.82, 2.24) is 15.0 Å². The molecular formula is C9H16BrN3O2. The number of aliphatic hydroxyl groups excluding tert-OH is 1. The Morgan fingerprint density at radius 3 is 2.60 bits per heavy atom. The second-order valence-electron chi connectivity index (χ2n) is 3.66. The third-order valence-corrected chi connectivity index (χ3v) is 3.40. The van der Waals surface area contributed by atoms with Crippen molar-refractivity contribution in [2.45, 2.75) is 32.0 Å². The number of aromatic nitrogens is 3. The zero-order valence-electron chi connectivity index (χ0n) is 9.36. The van der Waals surface area contributed by atoms with Gasteiger partial charge in [0.2, 0.25) is 0 Å².